The van der Waals surface area contributed by atoms with Crippen LogP contribution in [0.5, 0.6) is 0 Å². The summed E-state index contributed by atoms with van der Waals surface area (Å²) in [7, 11) is 0. The summed E-state index contributed by atoms with van der Waals surface area (Å²) in [6, 6.07) is 18.1. The molecule has 0 radical (unpaired) electrons. The molecule has 0 spiro atoms. The molecule has 1 heterocycles. The largest absolute Gasteiger partial charge is 0.344 e. The first-order chi connectivity index (χ1) is 10.8. The maximum absolute atomic E-state index is 12.4. The lowest BCUT2D eigenvalue weighted by atomic mass is 9.88. The van der Waals surface area contributed by atoms with E-state index < -0.39 is 0 Å². The molecule has 1 saturated heterocycles. The van der Waals surface area contributed by atoms with E-state index >= 15 is 0 Å². The highest BCUT2D eigenvalue weighted by Gasteiger charge is 2.43. The molecule has 2 aromatic carbocycles. The first-order valence-electron chi connectivity index (χ1n) is 7.72. The summed E-state index contributed by atoms with van der Waals surface area (Å²) in [4.78, 5) is 17.8. The molecule has 4 heteroatoms. The summed E-state index contributed by atoms with van der Waals surface area (Å²) < 4.78 is 0. The van der Waals surface area contributed by atoms with E-state index in [2.05, 4.69) is 23.5 Å². The number of urea groups is 1. The highest BCUT2D eigenvalue weighted by Crippen LogP contribution is 2.37. The predicted octanol–water partition coefficient (Wildman–Crippen LogP) is 3.72. The Bertz CT molecular complexity index is 686. The van der Waals surface area contributed by atoms with Crippen molar-refractivity contribution >= 4 is 6.03 Å². The highest BCUT2D eigenvalue weighted by atomic mass is 16.8. The minimum Gasteiger partial charge on any atom is -0.329 e. The van der Waals surface area contributed by atoms with Gasteiger partial charge in [0.1, 0.15) is 0 Å². The zero-order valence-electron chi connectivity index (χ0n) is 12.2. The number of nitrogens with one attached hydrogen (secondary N) is 1. The van der Waals surface area contributed by atoms with Crippen LogP contribution in [0.1, 0.15) is 41.8 Å². The molecule has 2 aliphatic rings. The van der Waals surface area contributed by atoms with Gasteiger partial charge < -0.3 is 5.32 Å². The minimum absolute atomic E-state index is 0.0815. The number of benzene rings is 2. The fourth-order valence-corrected chi connectivity index (χ4v) is 3.17. The Morgan fingerprint density at radius 3 is 2.73 bits per heavy atom. The molecule has 2 aromatic rings. The van der Waals surface area contributed by atoms with Crippen LogP contribution in [0.2, 0.25) is 0 Å². The van der Waals surface area contributed by atoms with Gasteiger partial charge in [-0.1, -0.05) is 54.6 Å². The van der Waals surface area contributed by atoms with Crippen molar-refractivity contribution in [2.24, 2.45) is 0 Å². The number of amides is 2. The van der Waals surface area contributed by atoms with Gasteiger partial charge in [0.25, 0.3) is 0 Å². The van der Waals surface area contributed by atoms with E-state index in [1.54, 1.807) is 0 Å². The first kappa shape index (κ1) is 13.3. The van der Waals surface area contributed by atoms with Crippen LogP contribution in [-0.4, -0.2) is 11.1 Å². The Kier molecular flexibility index (Phi) is 3.31. The van der Waals surface area contributed by atoms with Gasteiger partial charge in [-0.3, -0.25) is 0 Å². The lowest BCUT2D eigenvalue weighted by Crippen LogP contribution is -2.34. The molecule has 0 saturated carbocycles. The number of fused-ring (bicyclic) bond motifs is 1. The molecule has 1 fully saturated rings. The normalized spacial score (nSPS) is 22.8. The zero-order valence-corrected chi connectivity index (χ0v) is 12.2. The number of hydrogen-bond acceptors (Lipinski definition) is 2. The summed E-state index contributed by atoms with van der Waals surface area (Å²) in [5.41, 5.74) is 3.58. The maximum atomic E-state index is 12.4. The van der Waals surface area contributed by atoms with Gasteiger partial charge in [0.2, 0.25) is 6.23 Å². The van der Waals surface area contributed by atoms with Gasteiger partial charge in [-0.05, 0) is 30.4 Å². The molecule has 4 rings (SSSR count). The minimum atomic E-state index is -0.250. The van der Waals surface area contributed by atoms with Crippen molar-refractivity contribution in [3.63, 3.8) is 0 Å². The fraction of sp³-hybridized carbons (Fsp3) is 0.278. The van der Waals surface area contributed by atoms with E-state index in [1.807, 2.05) is 36.4 Å². The second kappa shape index (κ2) is 5.46. The van der Waals surface area contributed by atoms with E-state index in [-0.39, 0.29) is 18.3 Å². The van der Waals surface area contributed by atoms with Crippen molar-refractivity contribution in [2.45, 2.75) is 31.5 Å². The van der Waals surface area contributed by atoms with Gasteiger partial charge in [0.15, 0.2) is 0 Å². The smallest absolute Gasteiger partial charge is 0.329 e. The highest BCUT2D eigenvalue weighted by molar-refractivity contribution is 5.75. The van der Waals surface area contributed by atoms with Crippen LogP contribution in [0.4, 0.5) is 4.79 Å². The lowest BCUT2D eigenvalue weighted by molar-refractivity contribution is 0.172. The van der Waals surface area contributed by atoms with E-state index in [4.69, 9.17) is 4.84 Å². The number of rotatable bonds is 2. The number of carbonyl (C=O) groups excluding carboxylic acids is 1. The van der Waals surface area contributed by atoms with Crippen LogP contribution < -0.4 is 5.32 Å². The lowest BCUT2D eigenvalue weighted by Gasteiger charge is -2.26. The van der Waals surface area contributed by atoms with Gasteiger partial charge in [-0.25, -0.2) is 9.63 Å². The fourth-order valence-electron chi connectivity index (χ4n) is 3.17. The van der Waals surface area contributed by atoms with Gasteiger partial charge in [0.05, 0.1) is 6.04 Å². The average Bonchev–Trinajstić information content (AvgIpc) is 3.37. The Labute approximate surface area is 129 Å². The van der Waals surface area contributed by atoms with E-state index in [0.717, 1.165) is 24.8 Å². The number of carbonyl (C=O) groups is 1. The van der Waals surface area contributed by atoms with E-state index in [1.165, 1.54) is 16.2 Å². The van der Waals surface area contributed by atoms with Crippen molar-refractivity contribution in [3.05, 3.63) is 71.3 Å². The van der Waals surface area contributed by atoms with Crippen molar-refractivity contribution in [2.75, 3.05) is 0 Å². The third kappa shape index (κ3) is 2.46. The Morgan fingerprint density at radius 2 is 1.86 bits per heavy atom. The number of nitrogens with zero attached hydrogens (tertiary/aromatic N) is 1. The Morgan fingerprint density at radius 1 is 1.09 bits per heavy atom. The molecule has 1 N–H and O–H groups in total. The predicted molar refractivity (Wildman–Crippen MR) is 82.8 cm³/mol. The number of hydrogen-bond donors (Lipinski definition) is 1. The van der Waals surface area contributed by atoms with Crippen LogP contribution in [0.25, 0.3) is 0 Å². The summed E-state index contributed by atoms with van der Waals surface area (Å²) in [6.45, 7) is 0. The third-order valence-electron chi connectivity index (χ3n) is 4.33. The molecule has 2 amide bonds. The van der Waals surface area contributed by atoms with E-state index in [0.29, 0.717) is 0 Å². The first-order valence-corrected chi connectivity index (χ1v) is 7.72. The van der Waals surface area contributed by atoms with Crippen molar-refractivity contribution in [1.29, 1.82) is 0 Å². The van der Waals surface area contributed by atoms with Crippen LogP contribution in [0, 0.1) is 0 Å². The molecule has 2 atom stereocenters. The second-order valence-electron chi connectivity index (χ2n) is 5.79. The third-order valence-corrected chi connectivity index (χ3v) is 4.33. The van der Waals surface area contributed by atoms with Crippen LogP contribution in [0.3, 0.4) is 0 Å². The standard InChI is InChI=1S/C18H18N2O2/c21-18(20-17(22-20)14-8-2-1-3-9-14)19-16-12-6-10-13-7-4-5-11-15(13)16/h1-5,7-9,11,16-17H,6,10,12H2,(H,19,21). The van der Waals surface area contributed by atoms with Crippen LogP contribution in [0.15, 0.2) is 54.6 Å². The quantitative estimate of drug-likeness (QED) is 0.858. The Balaban J connectivity index is 1.44. The zero-order chi connectivity index (χ0) is 14.9. The molecule has 0 bridgehead atoms. The topological polar surface area (TPSA) is 44.6 Å². The molecule has 4 nitrogen and oxygen atoms in total. The van der Waals surface area contributed by atoms with Gasteiger partial charge in [0, 0.05) is 5.56 Å². The van der Waals surface area contributed by atoms with Crippen molar-refractivity contribution in [1.82, 2.24) is 10.4 Å². The average molecular weight is 294 g/mol. The molecule has 0 aromatic heterocycles. The summed E-state index contributed by atoms with van der Waals surface area (Å²) in [5.74, 6) is 0. The second-order valence-corrected chi connectivity index (χ2v) is 5.79. The molecule has 22 heavy (non-hydrogen) atoms. The van der Waals surface area contributed by atoms with E-state index in [9.17, 15) is 4.79 Å². The molecular weight excluding hydrogens is 276 g/mol. The summed E-state index contributed by atoms with van der Waals surface area (Å²) >= 11 is 0. The maximum Gasteiger partial charge on any atom is 0.344 e. The van der Waals surface area contributed by atoms with Gasteiger partial charge in [-0.15, -0.1) is 0 Å². The monoisotopic (exact) mass is 294 g/mol. The van der Waals surface area contributed by atoms with Crippen LogP contribution >= 0.6 is 0 Å². The van der Waals surface area contributed by atoms with Gasteiger partial charge in [-0.2, -0.15) is 5.06 Å². The number of hydroxylamine groups is 2. The molecule has 1 aliphatic heterocycles. The van der Waals surface area contributed by atoms with Gasteiger partial charge >= 0.3 is 6.03 Å². The summed E-state index contributed by atoms with van der Waals surface area (Å²) in [6.07, 6.45) is 2.92. The molecule has 2 unspecified atom stereocenters. The molecule has 112 valence electrons. The van der Waals surface area contributed by atoms with Crippen molar-refractivity contribution in [3.8, 4) is 0 Å². The Hall–Kier alpha value is -2.33. The molecular formula is C18H18N2O2. The summed E-state index contributed by atoms with van der Waals surface area (Å²) in [5, 5.41) is 4.51. The van der Waals surface area contributed by atoms with Crippen molar-refractivity contribution < 1.29 is 9.63 Å². The number of aryl methyl sites for hydroxylation is 1. The van der Waals surface area contributed by atoms with Crippen LogP contribution in [-0.2, 0) is 11.3 Å². The SMILES string of the molecule is O=C(NC1CCCc2ccccc21)N1OC1c1ccccc1. The molecule has 1 aliphatic carbocycles.